The van der Waals surface area contributed by atoms with Crippen LogP contribution < -0.4 is 4.74 Å². The molecule has 0 aliphatic heterocycles. The molecule has 0 radical (unpaired) electrons. The molecule has 0 saturated heterocycles. The molecule has 0 aromatic heterocycles. The minimum Gasteiger partial charge on any atom is -0.490 e. The van der Waals surface area contributed by atoms with Crippen molar-refractivity contribution >= 4 is 0 Å². The largest absolute Gasteiger partial charge is 0.490 e. The second-order valence-electron chi connectivity index (χ2n) is 5.01. The van der Waals surface area contributed by atoms with Gasteiger partial charge in [0, 0.05) is 7.11 Å². The van der Waals surface area contributed by atoms with E-state index in [2.05, 4.69) is 0 Å². The molecule has 0 heterocycles. The van der Waals surface area contributed by atoms with Crippen LogP contribution in [-0.4, -0.2) is 18.8 Å². The van der Waals surface area contributed by atoms with Gasteiger partial charge in [-0.05, 0) is 30.2 Å². The van der Waals surface area contributed by atoms with E-state index < -0.39 is 5.60 Å². The minimum atomic E-state index is -1.02. The summed E-state index contributed by atoms with van der Waals surface area (Å²) in [6, 6.07) is 17.2. The molecule has 3 heteroatoms. The number of rotatable bonds is 6. The monoisotopic (exact) mass is 272 g/mol. The Balaban J connectivity index is 2.02. The van der Waals surface area contributed by atoms with Crippen LogP contribution in [0.2, 0.25) is 0 Å². The van der Waals surface area contributed by atoms with E-state index in [0.29, 0.717) is 6.61 Å². The van der Waals surface area contributed by atoms with Crippen molar-refractivity contribution in [3.05, 3.63) is 65.7 Å². The Morgan fingerprint density at radius 2 is 1.80 bits per heavy atom. The summed E-state index contributed by atoms with van der Waals surface area (Å²) in [7, 11) is 1.66. The van der Waals surface area contributed by atoms with Gasteiger partial charge in [0.2, 0.25) is 0 Å². The van der Waals surface area contributed by atoms with Gasteiger partial charge >= 0.3 is 0 Å². The highest BCUT2D eigenvalue weighted by Crippen LogP contribution is 2.22. The third kappa shape index (κ3) is 3.83. The highest BCUT2D eigenvalue weighted by Gasteiger charge is 2.23. The van der Waals surface area contributed by atoms with Gasteiger partial charge in [0.15, 0.2) is 0 Å². The Hall–Kier alpha value is -1.84. The van der Waals surface area contributed by atoms with Gasteiger partial charge in [0.05, 0.1) is 6.61 Å². The zero-order valence-corrected chi connectivity index (χ0v) is 11.9. The molecular formula is C17H20O3. The number of hydrogen-bond donors (Lipinski definition) is 1. The fraction of sp³-hybridized carbons (Fsp3) is 0.294. The van der Waals surface area contributed by atoms with Crippen molar-refractivity contribution in [3.63, 3.8) is 0 Å². The normalized spacial score (nSPS) is 13.8. The summed E-state index contributed by atoms with van der Waals surface area (Å²) in [6.07, 6.45) is 0. The molecule has 2 aromatic rings. The topological polar surface area (TPSA) is 38.7 Å². The van der Waals surface area contributed by atoms with E-state index in [1.165, 1.54) is 0 Å². The molecule has 106 valence electrons. The highest BCUT2D eigenvalue weighted by molar-refractivity contribution is 5.29. The van der Waals surface area contributed by atoms with Crippen molar-refractivity contribution in [3.8, 4) is 5.75 Å². The molecule has 20 heavy (non-hydrogen) atoms. The summed E-state index contributed by atoms with van der Waals surface area (Å²) >= 11 is 0. The minimum absolute atomic E-state index is 0.202. The molecule has 2 rings (SSSR count). The van der Waals surface area contributed by atoms with E-state index >= 15 is 0 Å². The summed E-state index contributed by atoms with van der Waals surface area (Å²) in [6.45, 7) is 2.50. The Labute approximate surface area is 119 Å². The first-order valence-electron chi connectivity index (χ1n) is 6.60. The van der Waals surface area contributed by atoms with Gasteiger partial charge in [-0.3, -0.25) is 0 Å². The zero-order valence-electron chi connectivity index (χ0n) is 11.9. The summed E-state index contributed by atoms with van der Waals surface area (Å²) in [5, 5.41) is 10.5. The van der Waals surface area contributed by atoms with E-state index in [-0.39, 0.29) is 6.61 Å². The van der Waals surface area contributed by atoms with Gasteiger partial charge in [-0.15, -0.1) is 0 Å². The van der Waals surface area contributed by atoms with E-state index in [0.717, 1.165) is 16.9 Å². The first-order chi connectivity index (χ1) is 9.62. The highest BCUT2D eigenvalue weighted by atomic mass is 16.5. The van der Waals surface area contributed by atoms with Gasteiger partial charge in [0.1, 0.15) is 18.0 Å². The fourth-order valence-electron chi connectivity index (χ4n) is 2.00. The lowest BCUT2D eigenvalue weighted by atomic mass is 9.97. The van der Waals surface area contributed by atoms with Crippen LogP contribution in [0.3, 0.4) is 0 Å². The maximum Gasteiger partial charge on any atom is 0.121 e. The van der Waals surface area contributed by atoms with Gasteiger partial charge < -0.3 is 14.6 Å². The Morgan fingerprint density at radius 3 is 2.50 bits per heavy atom. The predicted octanol–water partition coefficient (Wildman–Crippen LogP) is 3.12. The number of hydrogen-bond acceptors (Lipinski definition) is 3. The van der Waals surface area contributed by atoms with Crippen LogP contribution in [0.4, 0.5) is 0 Å². The van der Waals surface area contributed by atoms with E-state index in [1.807, 2.05) is 54.6 Å². The zero-order chi connectivity index (χ0) is 14.4. The average molecular weight is 272 g/mol. The molecule has 0 fully saturated rings. The first-order valence-corrected chi connectivity index (χ1v) is 6.60. The summed E-state index contributed by atoms with van der Waals surface area (Å²) < 4.78 is 10.8. The van der Waals surface area contributed by atoms with Crippen LogP contribution in [0.25, 0.3) is 0 Å². The second-order valence-corrected chi connectivity index (χ2v) is 5.01. The maximum atomic E-state index is 10.5. The van der Waals surface area contributed by atoms with Crippen molar-refractivity contribution in [2.45, 2.75) is 19.1 Å². The molecule has 0 aliphatic carbocycles. The molecule has 0 saturated carbocycles. The summed E-state index contributed by atoms with van der Waals surface area (Å²) in [5.41, 5.74) is 0.871. The van der Waals surface area contributed by atoms with Crippen molar-refractivity contribution in [2.75, 3.05) is 13.7 Å². The lowest BCUT2D eigenvalue weighted by molar-refractivity contribution is 0.00754. The third-order valence-electron chi connectivity index (χ3n) is 3.13. The molecular weight excluding hydrogens is 252 g/mol. The van der Waals surface area contributed by atoms with Gasteiger partial charge in [-0.1, -0.05) is 42.5 Å². The van der Waals surface area contributed by atoms with Gasteiger partial charge in [-0.25, -0.2) is 0 Å². The van der Waals surface area contributed by atoms with Crippen molar-refractivity contribution in [1.82, 2.24) is 0 Å². The smallest absolute Gasteiger partial charge is 0.121 e. The number of aliphatic hydroxyl groups is 1. The van der Waals surface area contributed by atoms with Crippen molar-refractivity contribution in [2.24, 2.45) is 0 Å². The average Bonchev–Trinajstić information content (AvgIpc) is 2.47. The Morgan fingerprint density at radius 1 is 1.05 bits per heavy atom. The molecule has 1 N–H and O–H groups in total. The standard InChI is InChI=1S/C17H20O3/c1-17(18,15-8-4-3-5-9-15)13-20-16-10-6-7-14(11-16)12-19-2/h3-11,18H,12-13H2,1-2H3. The van der Waals surface area contributed by atoms with Crippen LogP contribution in [-0.2, 0) is 16.9 Å². The predicted molar refractivity (Wildman–Crippen MR) is 78.7 cm³/mol. The number of methoxy groups -OCH3 is 1. The Bertz CT molecular complexity index is 535. The second kappa shape index (κ2) is 6.55. The fourth-order valence-corrected chi connectivity index (χ4v) is 2.00. The lowest BCUT2D eigenvalue weighted by Gasteiger charge is -2.24. The molecule has 0 spiro atoms. The van der Waals surface area contributed by atoms with Gasteiger partial charge in [-0.2, -0.15) is 0 Å². The van der Waals surface area contributed by atoms with Crippen LogP contribution in [0.1, 0.15) is 18.1 Å². The summed E-state index contributed by atoms with van der Waals surface area (Å²) in [5.74, 6) is 0.732. The van der Waals surface area contributed by atoms with Crippen LogP contribution in [0, 0.1) is 0 Å². The van der Waals surface area contributed by atoms with E-state index in [4.69, 9.17) is 9.47 Å². The molecule has 0 amide bonds. The van der Waals surface area contributed by atoms with Crippen molar-refractivity contribution in [1.29, 1.82) is 0 Å². The summed E-state index contributed by atoms with van der Waals surface area (Å²) in [4.78, 5) is 0. The van der Waals surface area contributed by atoms with Crippen molar-refractivity contribution < 1.29 is 14.6 Å². The molecule has 1 unspecified atom stereocenters. The van der Waals surface area contributed by atoms with E-state index in [1.54, 1.807) is 14.0 Å². The first kappa shape index (κ1) is 14.6. The third-order valence-corrected chi connectivity index (χ3v) is 3.13. The van der Waals surface area contributed by atoms with Crippen LogP contribution in [0.15, 0.2) is 54.6 Å². The van der Waals surface area contributed by atoms with E-state index in [9.17, 15) is 5.11 Å². The Kier molecular flexibility index (Phi) is 4.77. The molecule has 0 aliphatic rings. The number of ether oxygens (including phenoxy) is 2. The van der Waals surface area contributed by atoms with Crippen LogP contribution >= 0.6 is 0 Å². The van der Waals surface area contributed by atoms with Gasteiger partial charge in [0.25, 0.3) is 0 Å². The number of benzene rings is 2. The molecule has 0 bridgehead atoms. The molecule has 3 nitrogen and oxygen atoms in total. The molecule has 2 aromatic carbocycles. The maximum absolute atomic E-state index is 10.5. The quantitative estimate of drug-likeness (QED) is 0.878. The lowest BCUT2D eigenvalue weighted by Crippen LogP contribution is -2.29. The molecule has 1 atom stereocenters. The van der Waals surface area contributed by atoms with Crippen LogP contribution in [0.5, 0.6) is 5.75 Å². The SMILES string of the molecule is COCc1cccc(OCC(C)(O)c2ccccc2)c1.